The third-order valence-corrected chi connectivity index (χ3v) is 3.41. The molecule has 0 aliphatic heterocycles. The predicted molar refractivity (Wildman–Crippen MR) is 70.9 cm³/mol. The van der Waals surface area contributed by atoms with Crippen molar-refractivity contribution in [1.82, 2.24) is 10.6 Å². The van der Waals surface area contributed by atoms with E-state index < -0.39 is 29.8 Å². The van der Waals surface area contributed by atoms with E-state index in [1.807, 2.05) is 5.32 Å². The number of hydrogen-bond acceptors (Lipinski definition) is 3. The first-order chi connectivity index (χ1) is 10.3. The molecule has 22 heavy (non-hydrogen) atoms. The average Bonchev–Trinajstić information content (AvgIpc) is 3.24. The summed E-state index contributed by atoms with van der Waals surface area (Å²) in [7, 11) is 1.16. The molecular weight excluding hydrogens is 301 g/mol. The summed E-state index contributed by atoms with van der Waals surface area (Å²) >= 11 is 0. The normalized spacial score (nSPS) is 17.3. The smallest absolute Gasteiger partial charge is 0.412 e. The number of carbonyl (C=O) groups excluding carboxylic acids is 2. The van der Waals surface area contributed by atoms with E-state index in [2.05, 4.69) is 10.1 Å². The molecule has 0 spiro atoms. The quantitative estimate of drug-likeness (QED) is 0.838. The second-order valence-corrected chi connectivity index (χ2v) is 5.06. The van der Waals surface area contributed by atoms with E-state index in [0.29, 0.717) is 12.8 Å². The number of rotatable bonds is 4. The second-order valence-electron chi connectivity index (χ2n) is 5.06. The molecule has 1 fully saturated rings. The first-order valence-corrected chi connectivity index (χ1v) is 6.57. The van der Waals surface area contributed by atoms with Gasteiger partial charge in [-0.25, -0.2) is 9.59 Å². The minimum Gasteiger partial charge on any atom is -0.467 e. The molecule has 0 heterocycles. The third-order valence-electron chi connectivity index (χ3n) is 3.41. The summed E-state index contributed by atoms with van der Waals surface area (Å²) in [5.41, 5.74) is -1.29. The highest BCUT2D eigenvalue weighted by Crippen LogP contribution is 2.37. The van der Waals surface area contributed by atoms with Crippen molar-refractivity contribution in [1.29, 1.82) is 0 Å². The SMILES string of the molecule is COC(=O)C1(NC(=O)NC(c2ccccc2)C(F)(F)F)CC1. The monoisotopic (exact) mass is 316 g/mol. The van der Waals surface area contributed by atoms with Crippen molar-refractivity contribution in [3.05, 3.63) is 35.9 Å². The summed E-state index contributed by atoms with van der Waals surface area (Å²) in [5, 5.41) is 4.13. The van der Waals surface area contributed by atoms with Gasteiger partial charge in [0.05, 0.1) is 7.11 Å². The van der Waals surface area contributed by atoms with Gasteiger partial charge in [0, 0.05) is 0 Å². The van der Waals surface area contributed by atoms with Gasteiger partial charge in [0.1, 0.15) is 5.54 Å². The van der Waals surface area contributed by atoms with Gasteiger partial charge in [0.2, 0.25) is 0 Å². The van der Waals surface area contributed by atoms with Gasteiger partial charge in [-0.15, -0.1) is 0 Å². The van der Waals surface area contributed by atoms with Crippen LogP contribution in [0.25, 0.3) is 0 Å². The van der Waals surface area contributed by atoms with Gasteiger partial charge in [-0.3, -0.25) is 0 Å². The van der Waals surface area contributed by atoms with Crippen LogP contribution in [0.15, 0.2) is 30.3 Å². The first-order valence-electron chi connectivity index (χ1n) is 6.57. The lowest BCUT2D eigenvalue weighted by molar-refractivity contribution is -0.155. The summed E-state index contributed by atoms with van der Waals surface area (Å²) < 4.78 is 43.8. The average molecular weight is 316 g/mol. The summed E-state index contributed by atoms with van der Waals surface area (Å²) in [6, 6.07) is 3.80. The predicted octanol–water partition coefficient (Wildman–Crippen LogP) is 2.29. The van der Waals surface area contributed by atoms with Gasteiger partial charge in [-0.05, 0) is 18.4 Å². The van der Waals surface area contributed by atoms with Crippen LogP contribution in [0.1, 0.15) is 24.4 Å². The highest BCUT2D eigenvalue weighted by molar-refractivity contribution is 5.90. The lowest BCUT2D eigenvalue weighted by Crippen LogP contribution is -2.51. The molecule has 8 heteroatoms. The number of esters is 1. The zero-order valence-corrected chi connectivity index (χ0v) is 11.7. The molecule has 2 amide bonds. The standard InChI is InChI=1S/C14H15F3N2O3/c1-22-11(20)13(7-8-13)19-12(21)18-10(14(15,16)17)9-5-3-2-4-6-9/h2-6,10H,7-8H2,1H3,(H2,18,19,21). The maximum atomic E-state index is 13.1. The Hall–Kier alpha value is -2.25. The molecule has 1 aliphatic rings. The maximum absolute atomic E-state index is 13.1. The molecule has 0 bridgehead atoms. The van der Waals surface area contributed by atoms with Crippen molar-refractivity contribution in [2.24, 2.45) is 0 Å². The Morgan fingerprint density at radius 3 is 2.27 bits per heavy atom. The van der Waals surface area contributed by atoms with Crippen molar-refractivity contribution in [3.8, 4) is 0 Å². The molecule has 120 valence electrons. The van der Waals surface area contributed by atoms with E-state index >= 15 is 0 Å². The van der Waals surface area contributed by atoms with Crippen molar-refractivity contribution >= 4 is 12.0 Å². The van der Waals surface area contributed by atoms with E-state index in [4.69, 9.17) is 0 Å². The Morgan fingerprint density at radius 1 is 1.23 bits per heavy atom. The van der Waals surface area contributed by atoms with Gasteiger partial charge >= 0.3 is 18.2 Å². The number of carbonyl (C=O) groups is 2. The Bertz CT molecular complexity index is 556. The fourth-order valence-electron chi connectivity index (χ4n) is 2.08. The molecule has 1 aromatic rings. The second kappa shape index (κ2) is 5.86. The zero-order valence-electron chi connectivity index (χ0n) is 11.7. The lowest BCUT2D eigenvalue weighted by atomic mass is 10.1. The molecule has 5 nitrogen and oxygen atoms in total. The maximum Gasteiger partial charge on any atom is 0.412 e. The van der Waals surface area contributed by atoms with Crippen molar-refractivity contribution in [2.45, 2.75) is 30.6 Å². The molecule has 0 radical (unpaired) electrons. The minimum absolute atomic E-state index is 0.0898. The van der Waals surface area contributed by atoms with E-state index in [1.165, 1.54) is 24.3 Å². The number of benzene rings is 1. The third kappa shape index (κ3) is 3.49. The fourth-order valence-corrected chi connectivity index (χ4v) is 2.08. The van der Waals surface area contributed by atoms with Crippen LogP contribution < -0.4 is 10.6 Å². The van der Waals surface area contributed by atoms with Crippen LogP contribution in [0, 0.1) is 0 Å². The summed E-state index contributed by atoms with van der Waals surface area (Å²) in [6.45, 7) is 0. The summed E-state index contributed by atoms with van der Waals surface area (Å²) in [6.07, 6.45) is -3.97. The van der Waals surface area contributed by atoms with Crippen molar-refractivity contribution < 1.29 is 27.5 Å². The number of alkyl halides is 3. The van der Waals surface area contributed by atoms with Gasteiger partial charge in [0.15, 0.2) is 6.04 Å². The van der Waals surface area contributed by atoms with Gasteiger partial charge in [-0.1, -0.05) is 30.3 Å². The Morgan fingerprint density at radius 2 is 1.82 bits per heavy atom. The van der Waals surface area contributed by atoms with E-state index in [0.717, 1.165) is 7.11 Å². The number of methoxy groups -OCH3 is 1. The Balaban J connectivity index is 2.09. The van der Waals surface area contributed by atoms with Crippen LogP contribution in [-0.2, 0) is 9.53 Å². The minimum atomic E-state index is -4.65. The number of halogens is 3. The van der Waals surface area contributed by atoms with Crippen LogP contribution >= 0.6 is 0 Å². The number of nitrogens with one attached hydrogen (secondary N) is 2. The van der Waals surface area contributed by atoms with E-state index in [9.17, 15) is 22.8 Å². The Labute approximate surface area is 124 Å². The number of hydrogen-bond donors (Lipinski definition) is 2. The molecule has 2 rings (SSSR count). The number of amides is 2. The molecule has 0 saturated heterocycles. The summed E-state index contributed by atoms with van der Waals surface area (Å²) in [4.78, 5) is 23.3. The van der Waals surface area contributed by atoms with E-state index in [-0.39, 0.29) is 5.56 Å². The van der Waals surface area contributed by atoms with Crippen LogP contribution in [0.4, 0.5) is 18.0 Å². The van der Waals surface area contributed by atoms with Crippen LogP contribution in [-0.4, -0.2) is 30.8 Å². The van der Waals surface area contributed by atoms with Crippen molar-refractivity contribution in [3.63, 3.8) is 0 Å². The molecule has 0 aromatic heterocycles. The van der Waals surface area contributed by atoms with Gasteiger partial charge < -0.3 is 15.4 Å². The van der Waals surface area contributed by atoms with Crippen LogP contribution in [0.3, 0.4) is 0 Å². The number of urea groups is 1. The largest absolute Gasteiger partial charge is 0.467 e. The molecular formula is C14H15F3N2O3. The van der Waals surface area contributed by atoms with Crippen molar-refractivity contribution in [2.75, 3.05) is 7.11 Å². The van der Waals surface area contributed by atoms with Gasteiger partial charge in [0.25, 0.3) is 0 Å². The zero-order chi connectivity index (χ0) is 16.4. The first kappa shape index (κ1) is 16.1. The fraction of sp³-hybridized carbons (Fsp3) is 0.429. The molecule has 1 unspecified atom stereocenters. The van der Waals surface area contributed by atoms with Gasteiger partial charge in [-0.2, -0.15) is 13.2 Å². The molecule has 1 saturated carbocycles. The molecule has 2 N–H and O–H groups in total. The lowest BCUT2D eigenvalue weighted by Gasteiger charge is -2.23. The highest BCUT2D eigenvalue weighted by Gasteiger charge is 2.53. The Kier molecular flexibility index (Phi) is 4.30. The molecule has 1 atom stereocenters. The topological polar surface area (TPSA) is 67.4 Å². The van der Waals surface area contributed by atoms with Crippen LogP contribution in [0.5, 0.6) is 0 Å². The summed E-state index contributed by atoms with van der Waals surface area (Å²) in [5.74, 6) is -0.661. The number of ether oxygens (including phenoxy) is 1. The molecule has 1 aromatic carbocycles. The van der Waals surface area contributed by atoms with E-state index in [1.54, 1.807) is 6.07 Å². The molecule has 1 aliphatic carbocycles. The van der Waals surface area contributed by atoms with Crippen LogP contribution in [0.2, 0.25) is 0 Å². The highest BCUT2D eigenvalue weighted by atomic mass is 19.4.